The molecule has 2 saturated carbocycles. The van der Waals surface area contributed by atoms with Crippen LogP contribution in [0.2, 0.25) is 0 Å². The van der Waals surface area contributed by atoms with Gasteiger partial charge in [0.15, 0.2) is 11.5 Å². The van der Waals surface area contributed by atoms with E-state index in [4.69, 9.17) is 14.2 Å². The lowest BCUT2D eigenvalue weighted by atomic mass is 9.89. The Morgan fingerprint density at radius 3 is 2.26 bits per heavy atom. The van der Waals surface area contributed by atoms with Gasteiger partial charge in [-0.1, -0.05) is 6.42 Å². The summed E-state index contributed by atoms with van der Waals surface area (Å²) in [5.41, 5.74) is 0.530. The van der Waals surface area contributed by atoms with E-state index < -0.39 is 0 Å². The number of benzene rings is 1. The smallest absolute Gasteiger partial charge is 0.251 e. The number of carbonyl (C=O) groups excluding carboxylic acids is 1. The van der Waals surface area contributed by atoms with Gasteiger partial charge in [0.05, 0.1) is 21.3 Å². The van der Waals surface area contributed by atoms with Gasteiger partial charge in [0, 0.05) is 12.1 Å². The van der Waals surface area contributed by atoms with Gasteiger partial charge in [-0.15, -0.1) is 0 Å². The Kier molecular flexibility index (Phi) is 4.64. The summed E-state index contributed by atoms with van der Waals surface area (Å²) < 4.78 is 15.9. The number of hydrogen-bond donors (Lipinski definition) is 1. The summed E-state index contributed by atoms with van der Waals surface area (Å²) in [6.07, 6.45) is 5.32. The molecule has 5 heteroatoms. The minimum absolute atomic E-state index is 0.0907. The molecule has 5 nitrogen and oxygen atoms in total. The van der Waals surface area contributed by atoms with E-state index in [1.165, 1.54) is 25.7 Å². The Labute approximate surface area is 137 Å². The van der Waals surface area contributed by atoms with Gasteiger partial charge in [-0.3, -0.25) is 4.79 Å². The van der Waals surface area contributed by atoms with Crippen LogP contribution in [0.5, 0.6) is 17.2 Å². The Balaban J connectivity index is 1.69. The molecule has 0 unspecified atom stereocenters. The van der Waals surface area contributed by atoms with Crippen molar-refractivity contribution in [1.29, 1.82) is 0 Å². The molecule has 2 aliphatic rings. The molecule has 0 aliphatic heterocycles. The van der Waals surface area contributed by atoms with Crippen molar-refractivity contribution in [2.24, 2.45) is 17.8 Å². The summed E-state index contributed by atoms with van der Waals surface area (Å²) >= 11 is 0. The Morgan fingerprint density at radius 1 is 1.09 bits per heavy atom. The van der Waals surface area contributed by atoms with Crippen LogP contribution >= 0.6 is 0 Å². The average Bonchev–Trinajstić information content (AvgIpc) is 3.21. The maximum atomic E-state index is 12.5. The Bertz CT molecular complexity index is 561. The van der Waals surface area contributed by atoms with Gasteiger partial charge in [-0.25, -0.2) is 0 Å². The van der Waals surface area contributed by atoms with Gasteiger partial charge in [-0.05, 0) is 49.1 Å². The highest BCUT2D eigenvalue weighted by molar-refractivity contribution is 5.95. The monoisotopic (exact) mass is 319 g/mol. The molecular weight excluding hydrogens is 294 g/mol. The molecule has 3 rings (SSSR count). The van der Waals surface area contributed by atoms with E-state index in [-0.39, 0.29) is 5.91 Å². The molecule has 2 aliphatic carbocycles. The maximum absolute atomic E-state index is 12.5. The van der Waals surface area contributed by atoms with Crippen LogP contribution in [0.25, 0.3) is 0 Å². The number of methoxy groups -OCH3 is 3. The summed E-state index contributed by atoms with van der Waals surface area (Å²) in [7, 11) is 4.65. The molecule has 1 aromatic rings. The Hall–Kier alpha value is -1.91. The summed E-state index contributed by atoms with van der Waals surface area (Å²) in [6, 6.07) is 3.38. The molecule has 0 heterocycles. The fourth-order valence-electron chi connectivity index (χ4n) is 4.16. The number of hydrogen-bond acceptors (Lipinski definition) is 4. The van der Waals surface area contributed by atoms with Gasteiger partial charge in [-0.2, -0.15) is 0 Å². The highest BCUT2D eigenvalue weighted by Gasteiger charge is 2.39. The average molecular weight is 319 g/mol. The van der Waals surface area contributed by atoms with Crippen LogP contribution in [-0.2, 0) is 0 Å². The van der Waals surface area contributed by atoms with Crippen molar-refractivity contribution in [3.8, 4) is 17.2 Å². The first-order valence-electron chi connectivity index (χ1n) is 8.24. The van der Waals surface area contributed by atoms with Crippen molar-refractivity contribution >= 4 is 5.91 Å². The van der Waals surface area contributed by atoms with E-state index in [9.17, 15) is 4.79 Å². The number of nitrogens with one attached hydrogen (secondary N) is 1. The van der Waals surface area contributed by atoms with Crippen LogP contribution in [-0.4, -0.2) is 33.8 Å². The van der Waals surface area contributed by atoms with Crippen LogP contribution in [0, 0.1) is 17.8 Å². The van der Waals surface area contributed by atoms with E-state index in [1.54, 1.807) is 33.5 Å². The second-order valence-electron chi connectivity index (χ2n) is 6.56. The van der Waals surface area contributed by atoms with Crippen LogP contribution in [0.15, 0.2) is 12.1 Å². The van der Waals surface area contributed by atoms with Gasteiger partial charge in [0.1, 0.15) is 0 Å². The van der Waals surface area contributed by atoms with Gasteiger partial charge >= 0.3 is 0 Å². The molecule has 2 fully saturated rings. The third-order valence-corrected chi connectivity index (χ3v) is 5.34. The summed E-state index contributed by atoms with van der Waals surface area (Å²) in [5.74, 6) is 3.74. The summed E-state index contributed by atoms with van der Waals surface area (Å²) in [4.78, 5) is 12.5. The molecule has 0 aromatic heterocycles. The lowest BCUT2D eigenvalue weighted by Gasteiger charge is -2.22. The van der Waals surface area contributed by atoms with E-state index >= 15 is 0 Å². The summed E-state index contributed by atoms with van der Waals surface area (Å²) in [5, 5.41) is 3.07. The van der Waals surface area contributed by atoms with Crippen molar-refractivity contribution in [3.63, 3.8) is 0 Å². The van der Waals surface area contributed by atoms with Crippen LogP contribution < -0.4 is 19.5 Å². The van der Waals surface area contributed by atoms with Crippen LogP contribution in [0.1, 0.15) is 36.0 Å². The molecular formula is C18H25NO4. The molecule has 1 N–H and O–H groups in total. The highest BCUT2D eigenvalue weighted by Crippen LogP contribution is 2.48. The minimum Gasteiger partial charge on any atom is -0.493 e. The topological polar surface area (TPSA) is 56.8 Å². The van der Waals surface area contributed by atoms with Crippen LogP contribution in [0.4, 0.5) is 0 Å². The van der Waals surface area contributed by atoms with Crippen molar-refractivity contribution in [3.05, 3.63) is 17.7 Å². The van der Waals surface area contributed by atoms with Crippen LogP contribution in [0.3, 0.4) is 0 Å². The van der Waals surface area contributed by atoms with Crippen molar-refractivity contribution in [2.75, 3.05) is 27.9 Å². The zero-order chi connectivity index (χ0) is 16.4. The molecule has 3 atom stereocenters. The first kappa shape index (κ1) is 16.0. The van der Waals surface area contributed by atoms with Crippen molar-refractivity contribution in [1.82, 2.24) is 5.32 Å². The molecule has 1 amide bonds. The highest BCUT2D eigenvalue weighted by atomic mass is 16.5. The lowest BCUT2D eigenvalue weighted by molar-refractivity contribution is 0.0941. The van der Waals surface area contributed by atoms with Gasteiger partial charge in [0.25, 0.3) is 5.91 Å². The maximum Gasteiger partial charge on any atom is 0.251 e. The zero-order valence-electron chi connectivity index (χ0n) is 14.1. The predicted molar refractivity (Wildman–Crippen MR) is 87.4 cm³/mol. The largest absolute Gasteiger partial charge is 0.493 e. The molecule has 0 saturated heterocycles. The lowest BCUT2D eigenvalue weighted by Crippen LogP contribution is -2.31. The third-order valence-electron chi connectivity index (χ3n) is 5.34. The third kappa shape index (κ3) is 3.09. The van der Waals surface area contributed by atoms with E-state index in [1.807, 2.05) is 0 Å². The number of amides is 1. The predicted octanol–water partition coefficient (Wildman–Crippen LogP) is 2.88. The van der Waals surface area contributed by atoms with Crippen molar-refractivity contribution < 1.29 is 19.0 Å². The molecule has 126 valence electrons. The molecule has 2 bridgehead atoms. The number of carbonyl (C=O) groups is 1. The second-order valence-corrected chi connectivity index (χ2v) is 6.56. The number of ether oxygens (including phenoxy) is 3. The molecule has 1 aromatic carbocycles. The fraction of sp³-hybridized carbons (Fsp3) is 0.611. The van der Waals surface area contributed by atoms with E-state index in [2.05, 4.69) is 5.32 Å². The Morgan fingerprint density at radius 2 is 1.78 bits per heavy atom. The minimum atomic E-state index is -0.0907. The number of fused-ring (bicyclic) bond motifs is 2. The van der Waals surface area contributed by atoms with Gasteiger partial charge in [0.2, 0.25) is 5.75 Å². The van der Waals surface area contributed by atoms with E-state index in [0.717, 1.165) is 18.4 Å². The normalized spacial score (nSPS) is 25.3. The van der Waals surface area contributed by atoms with Crippen molar-refractivity contribution in [2.45, 2.75) is 25.7 Å². The SMILES string of the molecule is COc1cc(C(=O)NC[C@@H]2C[C@H]3CC[C@H]2C3)cc(OC)c1OC. The number of rotatable bonds is 6. The zero-order valence-corrected chi connectivity index (χ0v) is 14.1. The quantitative estimate of drug-likeness (QED) is 0.876. The summed E-state index contributed by atoms with van der Waals surface area (Å²) in [6.45, 7) is 0.761. The molecule has 0 spiro atoms. The van der Waals surface area contributed by atoms with E-state index in [0.29, 0.717) is 28.7 Å². The fourth-order valence-corrected chi connectivity index (χ4v) is 4.16. The standard InChI is InChI=1S/C18H25NO4/c1-21-15-8-13(9-16(22-2)17(15)23-3)18(20)19-10-14-7-11-4-5-12(14)6-11/h8-9,11-12,14H,4-7,10H2,1-3H3,(H,19,20)/t11-,12-,14-/m0/s1. The first-order chi connectivity index (χ1) is 11.2. The first-order valence-corrected chi connectivity index (χ1v) is 8.24. The molecule has 0 radical (unpaired) electrons. The van der Waals surface area contributed by atoms with Gasteiger partial charge < -0.3 is 19.5 Å². The second kappa shape index (κ2) is 6.69. The molecule has 23 heavy (non-hydrogen) atoms.